The van der Waals surface area contributed by atoms with Crippen molar-refractivity contribution < 1.29 is 14.3 Å². The molecular weight excluding hydrogens is 454 g/mol. The molecule has 7 nitrogen and oxygen atoms in total. The molecule has 7 heteroatoms. The maximum Gasteiger partial charge on any atom is 0.260 e. The van der Waals surface area contributed by atoms with Crippen LogP contribution in [0.2, 0.25) is 0 Å². The van der Waals surface area contributed by atoms with Gasteiger partial charge in [0.25, 0.3) is 5.56 Å². The lowest BCUT2D eigenvalue weighted by molar-refractivity contribution is 0.207. The molecule has 1 aliphatic heterocycles. The Labute approximate surface area is 210 Å². The van der Waals surface area contributed by atoms with Gasteiger partial charge >= 0.3 is 0 Å². The van der Waals surface area contributed by atoms with Gasteiger partial charge in [-0.25, -0.2) is 0 Å². The lowest BCUT2D eigenvalue weighted by Crippen LogP contribution is -2.49. The van der Waals surface area contributed by atoms with Crippen LogP contribution in [0.4, 0.5) is 5.69 Å². The number of methoxy groups -OCH3 is 1. The van der Waals surface area contributed by atoms with Gasteiger partial charge in [0.1, 0.15) is 17.3 Å². The smallest absolute Gasteiger partial charge is 0.260 e. The molecule has 5 rings (SSSR count). The van der Waals surface area contributed by atoms with Crippen LogP contribution in [0.15, 0.2) is 88.3 Å². The highest BCUT2D eigenvalue weighted by molar-refractivity contribution is 5.47. The van der Waals surface area contributed by atoms with Crippen molar-refractivity contribution in [2.45, 2.75) is 19.5 Å². The standard InChI is InChI=1S/C29H31N3O4/c1-21-19-26(33)27(29(34)32(21)20-25-9-6-18-36-25)28(22-10-12-24(35-2)13-11-22)31-16-14-30(15-17-31)23-7-4-3-5-8-23/h3-13,18-19,28,33H,14-17,20H2,1-2H3/t28-/m1/s1. The first kappa shape index (κ1) is 23.8. The highest BCUT2D eigenvalue weighted by Gasteiger charge is 2.31. The molecule has 0 amide bonds. The Morgan fingerprint density at radius 1 is 0.972 bits per heavy atom. The molecule has 186 valence electrons. The number of aromatic hydroxyl groups is 1. The summed E-state index contributed by atoms with van der Waals surface area (Å²) in [5.41, 5.74) is 2.97. The van der Waals surface area contributed by atoms with Gasteiger partial charge < -0.3 is 23.7 Å². The van der Waals surface area contributed by atoms with Crippen LogP contribution in [-0.4, -0.2) is 47.9 Å². The molecule has 0 radical (unpaired) electrons. The number of ether oxygens (including phenoxy) is 1. The quantitative estimate of drug-likeness (QED) is 0.418. The van der Waals surface area contributed by atoms with Crippen LogP contribution in [0.3, 0.4) is 0 Å². The Morgan fingerprint density at radius 2 is 1.69 bits per heavy atom. The third-order valence-corrected chi connectivity index (χ3v) is 6.92. The molecule has 1 saturated heterocycles. The minimum atomic E-state index is -0.398. The molecule has 1 N–H and O–H groups in total. The van der Waals surface area contributed by atoms with Gasteiger partial charge in [-0.15, -0.1) is 0 Å². The van der Waals surface area contributed by atoms with Crippen LogP contribution >= 0.6 is 0 Å². The van der Waals surface area contributed by atoms with E-state index in [1.165, 1.54) is 5.69 Å². The average Bonchev–Trinajstić information content (AvgIpc) is 3.43. The van der Waals surface area contributed by atoms with Crippen molar-refractivity contribution in [2.24, 2.45) is 0 Å². The molecule has 36 heavy (non-hydrogen) atoms. The summed E-state index contributed by atoms with van der Waals surface area (Å²) < 4.78 is 12.5. The van der Waals surface area contributed by atoms with E-state index in [-0.39, 0.29) is 11.3 Å². The maximum absolute atomic E-state index is 13.9. The highest BCUT2D eigenvalue weighted by Crippen LogP contribution is 2.34. The second kappa shape index (κ2) is 10.3. The maximum atomic E-state index is 13.9. The number of para-hydroxylation sites is 1. The molecule has 0 spiro atoms. The summed E-state index contributed by atoms with van der Waals surface area (Å²) in [4.78, 5) is 18.5. The number of anilines is 1. The second-order valence-electron chi connectivity index (χ2n) is 9.09. The van der Waals surface area contributed by atoms with Crippen LogP contribution in [0.1, 0.15) is 28.6 Å². The number of rotatable bonds is 7. The van der Waals surface area contributed by atoms with E-state index in [1.807, 2.05) is 61.5 Å². The first-order chi connectivity index (χ1) is 17.5. The molecule has 4 aromatic rings. The zero-order valence-corrected chi connectivity index (χ0v) is 20.6. The Hall–Kier alpha value is -3.97. The van der Waals surface area contributed by atoms with Crippen LogP contribution in [0, 0.1) is 6.92 Å². The van der Waals surface area contributed by atoms with E-state index < -0.39 is 6.04 Å². The van der Waals surface area contributed by atoms with Gasteiger partial charge in [0.15, 0.2) is 0 Å². The fraction of sp³-hybridized carbons (Fsp3) is 0.276. The summed E-state index contributed by atoms with van der Waals surface area (Å²) in [6.07, 6.45) is 1.60. The second-order valence-corrected chi connectivity index (χ2v) is 9.09. The van der Waals surface area contributed by atoms with Crippen molar-refractivity contribution in [3.05, 3.63) is 112 Å². The molecule has 2 aromatic carbocycles. The summed E-state index contributed by atoms with van der Waals surface area (Å²) in [5.74, 6) is 1.45. The van der Waals surface area contributed by atoms with Crippen LogP contribution in [0.5, 0.6) is 11.5 Å². The lowest BCUT2D eigenvalue weighted by Gasteiger charge is -2.40. The molecule has 1 aliphatic rings. The van der Waals surface area contributed by atoms with Crippen molar-refractivity contribution in [1.82, 2.24) is 9.47 Å². The molecule has 1 fully saturated rings. The lowest BCUT2D eigenvalue weighted by atomic mass is 9.95. The molecule has 0 unspecified atom stereocenters. The Balaban J connectivity index is 1.53. The monoisotopic (exact) mass is 485 g/mol. The number of pyridine rings is 1. The predicted molar refractivity (Wildman–Crippen MR) is 140 cm³/mol. The van der Waals surface area contributed by atoms with E-state index in [0.717, 1.165) is 37.5 Å². The Morgan fingerprint density at radius 3 is 2.33 bits per heavy atom. The first-order valence-electron chi connectivity index (χ1n) is 12.2. The molecule has 3 heterocycles. The van der Waals surface area contributed by atoms with Gasteiger partial charge in [0, 0.05) is 37.6 Å². The summed E-state index contributed by atoms with van der Waals surface area (Å²) >= 11 is 0. The third-order valence-electron chi connectivity index (χ3n) is 6.92. The summed E-state index contributed by atoms with van der Waals surface area (Å²) in [6, 6.07) is 23.0. The predicted octanol–water partition coefficient (Wildman–Crippen LogP) is 4.42. The SMILES string of the molecule is COc1ccc([C@H](c2c(O)cc(C)n(Cc3ccco3)c2=O)N2CCN(c3ccccc3)CC2)cc1. The molecule has 0 bridgehead atoms. The third kappa shape index (κ3) is 4.75. The van der Waals surface area contributed by atoms with E-state index in [0.29, 0.717) is 23.6 Å². The van der Waals surface area contributed by atoms with E-state index >= 15 is 0 Å². The van der Waals surface area contributed by atoms with E-state index in [1.54, 1.807) is 24.0 Å². The van der Waals surface area contributed by atoms with Crippen LogP contribution < -0.4 is 15.2 Å². The molecular formula is C29H31N3O4. The van der Waals surface area contributed by atoms with Gasteiger partial charge in [-0.3, -0.25) is 9.69 Å². The summed E-state index contributed by atoms with van der Waals surface area (Å²) in [5, 5.41) is 11.1. The molecule has 0 saturated carbocycles. The summed E-state index contributed by atoms with van der Waals surface area (Å²) in [7, 11) is 1.63. The van der Waals surface area contributed by atoms with E-state index in [2.05, 4.69) is 21.9 Å². The summed E-state index contributed by atoms with van der Waals surface area (Å²) in [6.45, 7) is 5.28. The number of aryl methyl sites for hydroxylation is 1. The van der Waals surface area contributed by atoms with Crippen molar-refractivity contribution in [3.63, 3.8) is 0 Å². The number of hydrogen-bond donors (Lipinski definition) is 1. The fourth-order valence-electron chi connectivity index (χ4n) is 5.00. The topological polar surface area (TPSA) is 71.1 Å². The van der Waals surface area contributed by atoms with Crippen LogP contribution in [0.25, 0.3) is 0 Å². The highest BCUT2D eigenvalue weighted by atomic mass is 16.5. The van der Waals surface area contributed by atoms with Crippen molar-refractivity contribution >= 4 is 5.69 Å². The number of hydrogen-bond acceptors (Lipinski definition) is 6. The number of piperazine rings is 1. The number of benzene rings is 2. The number of nitrogens with zero attached hydrogens (tertiary/aromatic N) is 3. The van der Waals surface area contributed by atoms with E-state index in [4.69, 9.17) is 9.15 Å². The molecule has 0 aliphatic carbocycles. The van der Waals surface area contributed by atoms with Crippen molar-refractivity contribution in [1.29, 1.82) is 0 Å². The van der Waals surface area contributed by atoms with Gasteiger partial charge in [0.05, 0.1) is 31.5 Å². The Bertz CT molecular complexity index is 1340. The number of furan rings is 1. The van der Waals surface area contributed by atoms with Gasteiger partial charge in [0.2, 0.25) is 0 Å². The van der Waals surface area contributed by atoms with Gasteiger partial charge in [-0.05, 0) is 55.0 Å². The fourth-order valence-corrected chi connectivity index (χ4v) is 5.00. The van der Waals surface area contributed by atoms with Crippen LogP contribution in [-0.2, 0) is 6.54 Å². The zero-order chi connectivity index (χ0) is 25.1. The Kier molecular flexibility index (Phi) is 6.82. The average molecular weight is 486 g/mol. The minimum absolute atomic E-state index is 0.0134. The molecule has 2 aromatic heterocycles. The van der Waals surface area contributed by atoms with E-state index in [9.17, 15) is 9.90 Å². The zero-order valence-electron chi connectivity index (χ0n) is 20.6. The first-order valence-corrected chi connectivity index (χ1v) is 12.2. The molecule has 1 atom stereocenters. The number of aromatic nitrogens is 1. The van der Waals surface area contributed by atoms with Gasteiger partial charge in [-0.2, -0.15) is 0 Å². The van der Waals surface area contributed by atoms with Crippen molar-refractivity contribution in [3.8, 4) is 11.5 Å². The minimum Gasteiger partial charge on any atom is -0.507 e. The van der Waals surface area contributed by atoms with Gasteiger partial charge in [-0.1, -0.05) is 30.3 Å². The van der Waals surface area contributed by atoms with Crippen molar-refractivity contribution in [2.75, 3.05) is 38.2 Å². The normalized spacial score (nSPS) is 15.1. The largest absolute Gasteiger partial charge is 0.507 e.